The highest BCUT2D eigenvalue weighted by atomic mass is 19.1. The fourth-order valence-corrected chi connectivity index (χ4v) is 3.58. The van der Waals surface area contributed by atoms with Crippen molar-refractivity contribution in [3.63, 3.8) is 0 Å². The van der Waals surface area contributed by atoms with Gasteiger partial charge in [0.2, 0.25) is 5.91 Å². The Labute approximate surface area is 157 Å². The molecule has 1 aromatic carbocycles. The lowest BCUT2D eigenvalue weighted by atomic mass is 10.0. The number of aryl methyl sites for hydroxylation is 2. The Morgan fingerprint density at radius 3 is 2.89 bits per heavy atom. The lowest BCUT2D eigenvalue weighted by molar-refractivity contribution is -0.121. The van der Waals surface area contributed by atoms with E-state index in [4.69, 9.17) is 0 Å². The van der Waals surface area contributed by atoms with Crippen LogP contribution >= 0.6 is 0 Å². The van der Waals surface area contributed by atoms with Gasteiger partial charge in [-0.1, -0.05) is 18.2 Å². The number of likely N-dealkylation sites (tertiary alicyclic amines) is 1. The molecule has 1 aliphatic heterocycles. The van der Waals surface area contributed by atoms with Crippen molar-refractivity contribution >= 4 is 5.91 Å². The molecule has 0 radical (unpaired) electrons. The SMILES string of the molecule is Cc1nc(C)c(CC(=O)N[C@@H]2CCCN(Cc3ccccc3F)C2)c(=O)[nH]1. The lowest BCUT2D eigenvalue weighted by Gasteiger charge is -2.33. The highest BCUT2D eigenvalue weighted by Gasteiger charge is 2.23. The largest absolute Gasteiger partial charge is 0.352 e. The van der Waals surface area contributed by atoms with Crippen molar-refractivity contribution in [3.8, 4) is 0 Å². The van der Waals surface area contributed by atoms with Crippen LogP contribution in [0.25, 0.3) is 0 Å². The first kappa shape index (κ1) is 19.2. The standard InChI is InChI=1S/C20H25FN4O2/c1-13-17(20(27)23-14(2)22-13)10-19(26)24-16-7-5-9-25(12-16)11-15-6-3-4-8-18(15)21/h3-4,6,8,16H,5,7,9-12H2,1-2H3,(H,24,26)(H,22,23,27)/t16-/m1/s1. The third kappa shape index (κ3) is 5.01. The number of halogens is 1. The van der Waals surface area contributed by atoms with Crippen molar-refractivity contribution in [2.45, 2.75) is 45.7 Å². The Kier molecular flexibility index (Phi) is 6.01. The van der Waals surface area contributed by atoms with E-state index in [0.717, 1.165) is 19.4 Å². The summed E-state index contributed by atoms with van der Waals surface area (Å²) >= 11 is 0. The summed E-state index contributed by atoms with van der Waals surface area (Å²) in [5.41, 5.74) is 1.38. The van der Waals surface area contributed by atoms with E-state index in [2.05, 4.69) is 20.2 Å². The predicted molar refractivity (Wildman–Crippen MR) is 101 cm³/mol. The molecule has 1 amide bonds. The summed E-state index contributed by atoms with van der Waals surface area (Å²) in [6.07, 6.45) is 1.82. The first-order valence-corrected chi connectivity index (χ1v) is 9.24. The summed E-state index contributed by atoms with van der Waals surface area (Å²) in [6.45, 7) is 5.52. The fourth-order valence-electron chi connectivity index (χ4n) is 3.58. The van der Waals surface area contributed by atoms with Gasteiger partial charge in [0.1, 0.15) is 11.6 Å². The van der Waals surface area contributed by atoms with E-state index in [1.54, 1.807) is 26.0 Å². The molecule has 0 saturated carbocycles. The first-order chi connectivity index (χ1) is 12.9. The number of aromatic amines is 1. The number of carbonyl (C=O) groups is 1. The second-order valence-electron chi connectivity index (χ2n) is 7.13. The smallest absolute Gasteiger partial charge is 0.254 e. The van der Waals surface area contributed by atoms with Gasteiger partial charge >= 0.3 is 0 Å². The highest BCUT2D eigenvalue weighted by Crippen LogP contribution is 2.16. The molecule has 1 atom stereocenters. The van der Waals surface area contributed by atoms with Crippen LogP contribution in [0.3, 0.4) is 0 Å². The molecule has 0 spiro atoms. The number of benzene rings is 1. The molecule has 3 rings (SSSR count). The maximum Gasteiger partial charge on any atom is 0.254 e. The summed E-state index contributed by atoms with van der Waals surface area (Å²) in [4.78, 5) is 33.5. The van der Waals surface area contributed by atoms with Gasteiger partial charge in [0.05, 0.1) is 6.42 Å². The number of nitrogens with zero attached hydrogens (tertiary/aromatic N) is 2. The zero-order chi connectivity index (χ0) is 19.4. The number of nitrogens with one attached hydrogen (secondary N) is 2. The van der Waals surface area contributed by atoms with Crippen molar-refractivity contribution in [1.29, 1.82) is 0 Å². The van der Waals surface area contributed by atoms with Crippen LogP contribution in [0.4, 0.5) is 4.39 Å². The summed E-state index contributed by atoms with van der Waals surface area (Å²) in [7, 11) is 0. The lowest BCUT2D eigenvalue weighted by Crippen LogP contribution is -2.48. The Bertz CT molecular complexity index is 881. The molecule has 0 unspecified atom stereocenters. The van der Waals surface area contributed by atoms with Crippen molar-refractivity contribution in [1.82, 2.24) is 20.2 Å². The van der Waals surface area contributed by atoms with Gasteiger partial charge in [-0.25, -0.2) is 9.37 Å². The van der Waals surface area contributed by atoms with E-state index in [-0.39, 0.29) is 29.7 Å². The minimum atomic E-state index is -0.264. The van der Waals surface area contributed by atoms with Crippen LogP contribution in [0.2, 0.25) is 0 Å². The van der Waals surface area contributed by atoms with E-state index in [1.807, 2.05) is 6.07 Å². The summed E-state index contributed by atoms with van der Waals surface area (Å²) in [5, 5.41) is 3.01. The number of hydrogen-bond donors (Lipinski definition) is 2. The van der Waals surface area contributed by atoms with Crippen molar-refractivity contribution < 1.29 is 9.18 Å². The number of aromatic nitrogens is 2. The Morgan fingerprint density at radius 2 is 2.15 bits per heavy atom. The minimum absolute atomic E-state index is 0.00387. The molecule has 1 fully saturated rings. The molecule has 6 nitrogen and oxygen atoms in total. The van der Waals surface area contributed by atoms with Gasteiger partial charge in [-0.15, -0.1) is 0 Å². The van der Waals surface area contributed by atoms with Gasteiger partial charge in [0, 0.05) is 36.0 Å². The Morgan fingerprint density at radius 1 is 1.37 bits per heavy atom. The molecule has 2 heterocycles. The second-order valence-corrected chi connectivity index (χ2v) is 7.13. The third-order valence-electron chi connectivity index (χ3n) is 4.90. The van der Waals surface area contributed by atoms with Gasteiger partial charge in [-0.3, -0.25) is 14.5 Å². The molecule has 27 heavy (non-hydrogen) atoms. The predicted octanol–water partition coefficient (Wildman–Crippen LogP) is 1.85. The Balaban J connectivity index is 1.58. The molecule has 2 N–H and O–H groups in total. The van der Waals surface area contributed by atoms with Crippen molar-refractivity contribution in [2.75, 3.05) is 13.1 Å². The molecule has 0 bridgehead atoms. The molecule has 1 aliphatic rings. The van der Waals surface area contributed by atoms with E-state index in [9.17, 15) is 14.0 Å². The van der Waals surface area contributed by atoms with Crippen molar-refractivity contribution in [2.24, 2.45) is 0 Å². The maximum absolute atomic E-state index is 13.9. The highest BCUT2D eigenvalue weighted by molar-refractivity contribution is 5.79. The second kappa shape index (κ2) is 8.43. The molecule has 0 aliphatic carbocycles. The average Bonchev–Trinajstić information content (AvgIpc) is 2.60. The number of rotatable bonds is 5. The molecule has 1 aromatic heterocycles. The van der Waals surface area contributed by atoms with Crippen LogP contribution in [-0.2, 0) is 17.8 Å². The van der Waals surface area contributed by atoms with Crippen LogP contribution < -0.4 is 10.9 Å². The quantitative estimate of drug-likeness (QED) is 0.840. The zero-order valence-electron chi connectivity index (χ0n) is 15.7. The van der Waals surface area contributed by atoms with E-state index in [0.29, 0.717) is 35.7 Å². The third-order valence-corrected chi connectivity index (χ3v) is 4.90. The van der Waals surface area contributed by atoms with Crippen LogP contribution in [0.5, 0.6) is 0 Å². The minimum Gasteiger partial charge on any atom is -0.352 e. The summed E-state index contributed by atoms with van der Waals surface area (Å²) in [5.74, 6) is 0.148. The Hall–Kier alpha value is -2.54. The molecular weight excluding hydrogens is 347 g/mol. The normalized spacial score (nSPS) is 17.7. The molecule has 1 saturated heterocycles. The fraction of sp³-hybridized carbons (Fsp3) is 0.450. The van der Waals surface area contributed by atoms with Gasteiger partial charge in [-0.05, 0) is 39.3 Å². The number of piperidine rings is 1. The van der Waals surface area contributed by atoms with E-state index in [1.165, 1.54) is 6.07 Å². The van der Waals surface area contributed by atoms with Gasteiger partial charge in [0.25, 0.3) is 5.56 Å². The van der Waals surface area contributed by atoms with Crippen LogP contribution in [0, 0.1) is 19.7 Å². The van der Waals surface area contributed by atoms with Crippen LogP contribution in [0.1, 0.15) is 35.5 Å². The molecule has 2 aromatic rings. The van der Waals surface area contributed by atoms with E-state index >= 15 is 0 Å². The van der Waals surface area contributed by atoms with E-state index < -0.39 is 0 Å². The monoisotopic (exact) mass is 372 g/mol. The first-order valence-electron chi connectivity index (χ1n) is 9.24. The number of carbonyl (C=O) groups excluding carboxylic acids is 1. The average molecular weight is 372 g/mol. The molecular formula is C20H25FN4O2. The van der Waals surface area contributed by atoms with Crippen molar-refractivity contribution in [3.05, 3.63) is 63.1 Å². The number of hydrogen-bond acceptors (Lipinski definition) is 4. The zero-order valence-corrected chi connectivity index (χ0v) is 15.7. The molecule has 7 heteroatoms. The van der Waals surface area contributed by atoms with Gasteiger partial charge in [0.15, 0.2) is 0 Å². The summed E-state index contributed by atoms with van der Waals surface area (Å²) in [6, 6.07) is 6.76. The number of H-pyrrole nitrogens is 1. The number of amides is 1. The van der Waals surface area contributed by atoms with Crippen LogP contribution in [-0.4, -0.2) is 39.9 Å². The van der Waals surface area contributed by atoms with Gasteiger partial charge < -0.3 is 10.3 Å². The maximum atomic E-state index is 13.9. The van der Waals surface area contributed by atoms with Crippen LogP contribution in [0.15, 0.2) is 29.1 Å². The summed E-state index contributed by atoms with van der Waals surface area (Å²) < 4.78 is 13.9. The van der Waals surface area contributed by atoms with Gasteiger partial charge in [-0.2, -0.15) is 0 Å². The molecule has 144 valence electrons. The topological polar surface area (TPSA) is 78.1 Å².